The summed E-state index contributed by atoms with van der Waals surface area (Å²) in [6.45, 7) is 2.62. The number of carboxylic acids is 1. The van der Waals surface area contributed by atoms with Crippen molar-refractivity contribution in [1.29, 1.82) is 0 Å². The van der Waals surface area contributed by atoms with Gasteiger partial charge in [0.15, 0.2) is 0 Å². The van der Waals surface area contributed by atoms with Crippen LogP contribution < -0.4 is 0 Å². The molecule has 0 bridgehead atoms. The first-order valence-corrected chi connectivity index (χ1v) is 5.82. The first kappa shape index (κ1) is 10.9. The number of carbonyl (C=O) groups is 1. The molecule has 86 valence electrons. The van der Waals surface area contributed by atoms with Gasteiger partial charge in [0, 0.05) is 6.04 Å². The van der Waals surface area contributed by atoms with Gasteiger partial charge in [-0.25, -0.2) is 0 Å². The Balaban J connectivity index is 1.96. The second-order valence-electron chi connectivity index (χ2n) is 4.53. The molecule has 2 rings (SSSR count). The van der Waals surface area contributed by atoms with Gasteiger partial charge in [0.05, 0.1) is 25.7 Å². The highest BCUT2D eigenvalue weighted by molar-refractivity contribution is 5.67. The third kappa shape index (κ3) is 2.69. The van der Waals surface area contributed by atoms with Gasteiger partial charge in [-0.3, -0.25) is 9.69 Å². The van der Waals surface area contributed by atoms with Gasteiger partial charge < -0.3 is 9.84 Å². The van der Waals surface area contributed by atoms with Crippen molar-refractivity contribution in [3.63, 3.8) is 0 Å². The standard InChI is InChI=1S/C11H19NO3/c13-11(14)6-9-4-2-1-3-5-12(9)10-7-15-8-10/h9-10H,1-8H2,(H,13,14). The predicted octanol–water partition coefficient (Wildman–Crippen LogP) is 1.10. The minimum atomic E-state index is -0.674. The zero-order valence-corrected chi connectivity index (χ0v) is 9.02. The van der Waals surface area contributed by atoms with E-state index in [0.717, 1.165) is 26.2 Å². The molecular formula is C11H19NO3. The number of likely N-dealkylation sites (tertiary alicyclic amines) is 1. The molecule has 0 aromatic rings. The van der Waals surface area contributed by atoms with Crippen LogP contribution >= 0.6 is 0 Å². The van der Waals surface area contributed by atoms with Gasteiger partial charge in [0.1, 0.15) is 0 Å². The van der Waals surface area contributed by atoms with E-state index < -0.39 is 5.97 Å². The van der Waals surface area contributed by atoms with E-state index in [1.54, 1.807) is 0 Å². The predicted molar refractivity (Wildman–Crippen MR) is 55.8 cm³/mol. The summed E-state index contributed by atoms with van der Waals surface area (Å²) in [5, 5.41) is 8.89. The summed E-state index contributed by atoms with van der Waals surface area (Å²) in [7, 11) is 0. The third-order valence-corrected chi connectivity index (χ3v) is 3.42. The van der Waals surface area contributed by atoms with Crippen molar-refractivity contribution in [2.24, 2.45) is 0 Å². The lowest BCUT2D eigenvalue weighted by Gasteiger charge is -2.41. The van der Waals surface area contributed by atoms with E-state index in [4.69, 9.17) is 9.84 Å². The lowest BCUT2D eigenvalue weighted by molar-refractivity contribution is -0.140. The summed E-state index contributed by atoms with van der Waals surface area (Å²) in [4.78, 5) is 13.2. The number of nitrogens with zero attached hydrogens (tertiary/aromatic N) is 1. The molecule has 2 fully saturated rings. The zero-order chi connectivity index (χ0) is 10.7. The minimum absolute atomic E-state index is 0.235. The monoisotopic (exact) mass is 213 g/mol. The number of carboxylic acid groups (broad SMARTS) is 1. The molecule has 0 aromatic carbocycles. The van der Waals surface area contributed by atoms with Gasteiger partial charge >= 0.3 is 5.97 Å². The van der Waals surface area contributed by atoms with Crippen LogP contribution in [0.2, 0.25) is 0 Å². The van der Waals surface area contributed by atoms with Gasteiger partial charge in [-0.1, -0.05) is 12.8 Å². The summed E-state index contributed by atoms with van der Waals surface area (Å²) < 4.78 is 5.19. The average molecular weight is 213 g/mol. The first-order chi connectivity index (χ1) is 7.27. The molecule has 0 saturated carbocycles. The zero-order valence-electron chi connectivity index (χ0n) is 9.02. The van der Waals surface area contributed by atoms with Crippen LogP contribution in [0.4, 0.5) is 0 Å². The maximum Gasteiger partial charge on any atom is 0.304 e. The Morgan fingerprint density at radius 1 is 1.33 bits per heavy atom. The molecule has 2 heterocycles. The maximum absolute atomic E-state index is 10.8. The second kappa shape index (κ2) is 4.94. The highest BCUT2D eigenvalue weighted by Crippen LogP contribution is 2.24. The molecule has 15 heavy (non-hydrogen) atoms. The molecule has 2 aliphatic rings. The van der Waals surface area contributed by atoms with E-state index >= 15 is 0 Å². The summed E-state index contributed by atoms with van der Waals surface area (Å²) >= 11 is 0. The van der Waals surface area contributed by atoms with Gasteiger partial charge in [-0.05, 0) is 19.4 Å². The summed E-state index contributed by atoms with van der Waals surface area (Å²) in [5.41, 5.74) is 0. The fourth-order valence-electron chi connectivity index (χ4n) is 2.52. The second-order valence-corrected chi connectivity index (χ2v) is 4.53. The van der Waals surface area contributed by atoms with E-state index in [0.29, 0.717) is 6.04 Å². The van der Waals surface area contributed by atoms with Crippen LogP contribution in [0.1, 0.15) is 32.1 Å². The van der Waals surface area contributed by atoms with Gasteiger partial charge in [-0.2, -0.15) is 0 Å². The lowest BCUT2D eigenvalue weighted by atomic mass is 10.0. The van der Waals surface area contributed by atoms with Crippen LogP contribution in [0.15, 0.2) is 0 Å². The fourth-order valence-corrected chi connectivity index (χ4v) is 2.52. The Morgan fingerprint density at radius 3 is 2.73 bits per heavy atom. The van der Waals surface area contributed by atoms with Crippen molar-refractivity contribution in [3.8, 4) is 0 Å². The Bertz CT molecular complexity index is 228. The van der Waals surface area contributed by atoms with Crippen molar-refractivity contribution in [2.75, 3.05) is 19.8 Å². The topological polar surface area (TPSA) is 49.8 Å². The number of rotatable bonds is 3. The van der Waals surface area contributed by atoms with Crippen LogP contribution in [-0.4, -0.2) is 47.8 Å². The highest BCUT2D eigenvalue weighted by atomic mass is 16.5. The van der Waals surface area contributed by atoms with Crippen molar-refractivity contribution >= 4 is 5.97 Å². The van der Waals surface area contributed by atoms with Crippen LogP contribution in [0, 0.1) is 0 Å². The van der Waals surface area contributed by atoms with Gasteiger partial charge in [0.25, 0.3) is 0 Å². The van der Waals surface area contributed by atoms with Crippen LogP contribution in [-0.2, 0) is 9.53 Å². The van der Waals surface area contributed by atoms with Crippen LogP contribution in [0.25, 0.3) is 0 Å². The van der Waals surface area contributed by atoms with Crippen LogP contribution in [0.3, 0.4) is 0 Å². The Kier molecular flexibility index (Phi) is 3.59. The fraction of sp³-hybridized carbons (Fsp3) is 0.909. The molecule has 1 N–H and O–H groups in total. The maximum atomic E-state index is 10.8. The van der Waals surface area contributed by atoms with Gasteiger partial charge in [-0.15, -0.1) is 0 Å². The molecule has 0 aliphatic carbocycles. The Labute approximate surface area is 90.2 Å². The molecule has 4 heteroatoms. The van der Waals surface area contributed by atoms with Crippen molar-refractivity contribution in [2.45, 2.75) is 44.2 Å². The number of hydrogen-bond donors (Lipinski definition) is 1. The Morgan fingerprint density at radius 2 is 2.13 bits per heavy atom. The molecule has 4 nitrogen and oxygen atoms in total. The Hall–Kier alpha value is -0.610. The quantitative estimate of drug-likeness (QED) is 0.763. The number of hydrogen-bond acceptors (Lipinski definition) is 3. The van der Waals surface area contributed by atoms with E-state index in [1.807, 2.05) is 0 Å². The SMILES string of the molecule is O=C(O)CC1CCCCCN1C1COC1. The van der Waals surface area contributed by atoms with E-state index in [9.17, 15) is 4.79 Å². The first-order valence-electron chi connectivity index (χ1n) is 5.82. The van der Waals surface area contributed by atoms with E-state index in [1.165, 1.54) is 19.3 Å². The smallest absolute Gasteiger partial charge is 0.304 e. The number of ether oxygens (including phenoxy) is 1. The van der Waals surface area contributed by atoms with Crippen molar-refractivity contribution < 1.29 is 14.6 Å². The molecule has 1 unspecified atom stereocenters. The molecule has 0 spiro atoms. The molecule has 2 saturated heterocycles. The molecule has 0 aromatic heterocycles. The molecule has 1 atom stereocenters. The highest BCUT2D eigenvalue weighted by Gasteiger charge is 2.32. The minimum Gasteiger partial charge on any atom is -0.481 e. The van der Waals surface area contributed by atoms with E-state index in [-0.39, 0.29) is 12.5 Å². The largest absolute Gasteiger partial charge is 0.481 e. The van der Waals surface area contributed by atoms with E-state index in [2.05, 4.69) is 4.90 Å². The van der Waals surface area contributed by atoms with Crippen LogP contribution in [0.5, 0.6) is 0 Å². The molecule has 0 radical (unpaired) electrons. The average Bonchev–Trinajstić information content (AvgIpc) is 2.28. The normalized spacial score (nSPS) is 29.5. The molecule has 2 aliphatic heterocycles. The van der Waals surface area contributed by atoms with Gasteiger partial charge in [0.2, 0.25) is 0 Å². The summed E-state index contributed by atoms with van der Waals surface area (Å²) in [6.07, 6.45) is 4.92. The van der Waals surface area contributed by atoms with Crippen molar-refractivity contribution in [1.82, 2.24) is 4.90 Å². The van der Waals surface area contributed by atoms with Crippen molar-refractivity contribution in [3.05, 3.63) is 0 Å². The summed E-state index contributed by atoms with van der Waals surface area (Å²) in [5.74, 6) is -0.674. The summed E-state index contributed by atoms with van der Waals surface area (Å²) in [6, 6.07) is 0.714. The molecular weight excluding hydrogens is 194 g/mol. The molecule has 0 amide bonds. The lowest BCUT2D eigenvalue weighted by Crippen LogP contribution is -2.53. The third-order valence-electron chi connectivity index (χ3n) is 3.42. The number of aliphatic carboxylic acids is 1.